The van der Waals surface area contributed by atoms with Gasteiger partial charge in [0.15, 0.2) is 0 Å². The minimum absolute atomic E-state index is 0.0190. The molecule has 1 atom stereocenters. The quantitative estimate of drug-likeness (QED) is 0.519. The third-order valence-electron chi connectivity index (χ3n) is 7.61. The zero-order chi connectivity index (χ0) is 26.2. The van der Waals surface area contributed by atoms with Gasteiger partial charge in [-0.25, -0.2) is 8.42 Å². The monoisotopic (exact) mass is 585 g/mol. The molecule has 0 radical (unpaired) electrons. The van der Waals surface area contributed by atoms with Crippen LogP contribution in [-0.4, -0.2) is 62.2 Å². The van der Waals surface area contributed by atoms with Crippen LogP contribution in [0.2, 0.25) is 0 Å². The van der Waals surface area contributed by atoms with Gasteiger partial charge < -0.3 is 9.80 Å². The van der Waals surface area contributed by atoms with Crippen LogP contribution in [0.25, 0.3) is 5.57 Å². The average molecular weight is 587 g/mol. The van der Waals surface area contributed by atoms with Crippen molar-refractivity contribution >= 4 is 49.0 Å². The molecule has 2 amide bonds. The molecule has 1 unspecified atom stereocenters. The first-order valence-corrected chi connectivity index (χ1v) is 15.2. The first-order chi connectivity index (χ1) is 17.8. The Balaban J connectivity index is 1.35. The topological polar surface area (TPSA) is 78.0 Å². The third-order valence-corrected chi connectivity index (χ3v) is 9.95. The number of benzene rings is 2. The highest BCUT2D eigenvalue weighted by atomic mass is 79.9. The van der Waals surface area contributed by atoms with E-state index in [0.717, 1.165) is 12.0 Å². The first kappa shape index (κ1) is 26.1. The molecule has 196 valence electrons. The molecule has 0 saturated carbocycles. The number of sulfonamides is 1. The zero-order valence-corrected chi connectivity index (χ0v) is 23.4. The number of anilines is 1. The van der Waals surface area contributed by atoms with Crippen LogP contribution < -0.4 is 4.90 Å². The third kappa shape index (κ3) is 5.13. The van der Waals surface area contributed by atoms with Gasteiger partial charge in [-0.05, 0) is 54.5 Å². The summed E-state index contributed by atoms with van der Waals surface area (Å²) in [6, 6.07) is 13.7. The summed E-state index contributed by atoms with van der Waals surface area (Å²) in [4.78, 5) is 29.6. The summed E-state index contributed by atoms with van der Waals surface area (Å²) in [7, 11) is -3.90. The summed E-state index contributed by atoms with van der Waals surface area (Å²) >= 11 is 3.46. The van der Waals surface area contributed by atoms with E-state index in [-0.39, 0.29) is 29.2 Å². The van der Waals surface area contributed by atoms with E-state index in [2.05, 4.69) is 34.1 Å². The minimum Gasteiger partial charge on any atom is -0.338 e. The Morgan fingerprint density at radius 1 is 1.05 bits per heavy atom. The number of nitrogens with zero attached hydrogens (tertiary/aromatic N) is 3. The lowest BCUT2D eigenvalue weighted by Gasteiger charge is -2.36. The van der Waals surface area contributed by atoms with Crippen molar-refractivity contribution in [2.45, 2.75) is 43.9 Å². The van der Waals surface area contributed by atoms with Crippen molar-refractivity contribution in [1.29, 1.82) is 0 Å². The van der Waals surface area contributed by atoms with Gasteiger partial charge in [-0.15, -0.1) is 0 Å². The van der Waals surface area contributed by atoms with E-state index >= 15 is 0 Å². The van der Waals surface area contributed by atoms with Crippen molar-refractivity contribution in [3.05, 3.63) is 64.1 Å². The fourth-order valence-electron chi connectivity index (χ4n) is 5.65. The second-order valence-corrected chi connectivity index (χ2v) is 12.7. The number of carbonyl (C=O) groups is 2. The second-order valence-electron chi connectivity index (χ2n) is 9.89. The van der Waals surface area contributed by atoms with Gasteiger partial charge in [-0.3, -0.25) is 9.59 Å². The first-order valence-electron chi connectivity index (χ1n) is 13.0. The Morgan fingerprint density at radius 3 is 2.54 bits per heavy atom. The molecule has 1 saturated heterocycles. The number of carbonyl (C=O) groups excluding carboxylic acids is 2. The molecule has 5 rings (SSSR count). The average Bonchev–Trinajstić information content (AvgIpc) is 3.36. The normalized spacial score (nSPS) is 20.5. The molecule has 3 heterocycles. The number of amides is 2. The highest BCUT2D eigenvalue weighted by molar-refractivity contribution is 9.10. The summed E-state index contributed by atoms with van der Waals surface area (Å²) < 4.78 is 30.0. The molecule has 1 fully saturated rings. The maximum atomic E-state index is 13.9. The van der Waals surface area contributed by atoms with Gasteiger partial charge in [-0.1, -0.05) is 59.3 Å². The van der Waals surface area contributed by atoms with Gasteiger partial charge in [0.1, 0.15) is 4.90 Å². The molecule has 7 nitrogen and oxygen atoms in total. The van der Waals surface area contributed by atoms with Crippen LogP contribution in [0.4, 0.5) is 5.69 Å². The Kier molecular flexibility index (Phi) is 7.56. The lowest BCUT2D eigenvalue weighted by molar-refractivity contribution is -0.136. The molecule has 0 aromatic heterocycles. The fourth-order valence-corrected chi connectivity index (χ4v) is 8.09. The van der Waals surface area contributed by atoms with E-state index in [1.54, 1.807) is 17.9 Å². The van der Waals surface area contributed by atoms with Crippen LogP contribution in [0.15, 0.2) is 57.9 Å². The predicted octanol–water partition coefficient (Wildman–Crippen LogP) is 4.46. The Morgan fingerprint density at radius 2 is 1.84 bits per heavy atom. The van der Waals surface area contributed by atoms with Gasteiger partial charge in [0.2, 0.25) is 21.8 Å². The van der Waals surface area contributed by atoms with Crippen molar-refractivity contribution in [3.63, 3.8) is 0 Å². The van der Waals surface area contributed by atoms with E-state index in [9.17, 15) is 18.0 Å². The molecule has 0 N–H and O–H groups in total. The maximum Gasteiger partial charge on any atom is 0.245 e. The Bertz CT molecular complexity index is 1340. The van der Waals surface area contributed by atoms with Gasteiger partial charge in [0, 0.05) is 43.6 Å². The summed E-state index contributed by atoms with van der Waals surface area (Å²) in [5.74, 6) is -0.438. The summed E-state index contributed by atoms with van der Waals surface area (Å²) in [5.41, 5.74) is 3.78. The van der Waals surface area contributed by atoms with E-state index in [1.165, 1.54) is 15.4 Å². The molecule has 2 aromatic carbocycles. The number of piperidine rings is 1. The number of fused-ring (bicyclic) bond motifs is 1. The molecule has 0 aliphatic carbocycles. The number of hydrogen-bond donors (Lipinski definition) is 0. The Labute approximate surface area is 227 Å². The minimum atomic E-state index is -3.90. The maximum absolute atomic E-state index is 13.9. The molecule has 3 aliphatic rings. The standard InChI is InChI=1S/C28H32BrN3O4S/c1-2-26(33)32-16-12-22-17-24(29)18-25(27(22)32)37(35,36)31-13-6-9-23(19-31)28(34)30-14-10-21(11-15-30)20-7-4-3-5-8-20/h3-5,7-8,10,17-18,23H,2,6,9,11-16,19H2,1H3. The highest BCUT2D eigenvalue weighted by Crippen LogP contribution is 2.40. The summed E-state index contributed by atoms with van der Waals surface area (Å²) in [6.45, 7) is 3.97. The van der Waals surface area contributed by atoms with Crippen molar-refractivity contribution in [1.82, 2.24) is 9.21 Å². The lowest BCUT2D eigenvalue weighted by Crippen LogP contribution is -2.47. The van der Waals surface area contributed by atoms with Gasteiger partial charge in [0.25, 0.3) is 0 Å². The highest BCUT2D eigenvalue weighted by Gasteiger charge is 2.39. The summed E-state index contributed by atoms with van der Waals surface area (Å²) in [5, 5.41) is 0. The molecule has 9 heteroatoms. The molecular weight excluding hydrogens is 554 g/mol. The van der Waals surface area contributed by atoms with E-state index in [4.69, 9.17) is 0 Å². The van der Waals surface area contributed by atoms with Crippen LogP contribution >= 0.6 is 15.9 Å². The summed E-state index contributed by atoms with van der Waals surface area (Å²) in [6.07, 6.45) is 5.13. The van der Waals surface area contributed by atoms with Crippen LogP contribution in [0, 0.1) is 5.92 Å². The molecule has 37 heavy (non-hydrogen) atoms. The van der Waals surface area contributed by atoms with Crippen LogP contribution in [0.3, 0.4) is 0 Å². The Hall–Kier alpha value is -2.49. The van der Waals surface area contributed by atoms with Crippen LogP contribution in [0.1, 0.15) is 43.7 Å². The predicted molar refractivity (Wildman–Crippen MR) is 148 cm³/mol. The molecular formula is C28H32BrN3O4S. The van der Waals surface area contributed by atoms with Gasteiger partial charge >= 0.3 is 0 Å². The van der Waals surface area contributed by atoms with Gasteiger partial charge in [-0.2, -0.15) is 4.31 Å². The van der Waals surface area contributed by atoms with Gasteiger partial charge in [0.05, 0.1) is 11.6 Å². The smallest absolute Gasteiger partial charge is 0.245 e. The molecule has 0 spiro atoms. The van der Waals surface area contributed by atoms with E-state index in [0.29, 0.717) is 62.0 Å². The van der Waals surface area contributed by atoms with E-state index in [1.807, 2.05) is 29.2 Å². The number of halogens is 1. The van der Waals surface area contributed by atoms with Crippen molar-refractivity contribution in [3.8, 4) is 0 Å². The van der Waals surface area contributed by atoms with Crippen LogP contribution in [-0.2, 0) is 26.0 Å². The second kappa shape index (κ2) is 10.7. The zero-order valence-electron chi connectivity index (χ0n) is 21.0. The SMILES string of the molecule is CCC(=O)N1CCc2cc(Br)cc(S(=O)(=O)N3CCCC(C(=O)N4CC=C(c5ccccc5)CC4)C3)c21. The van der Waals surface area contributed by atoms with Crippen molar-refractivity contribution < 1.29 is 18.0 Å². The molecule has 3 aliphatic heterocycles. The van der Waals surface area contributed by atoms with Crippen molar-refractivity contribution in [2.75, 3.05) is 37.6 Å². The molecule has 2 aromatic rings. The molecule has 0 bridgehead atoms. The number of rotatable bonds is 5. The van der Waals surface area contributed by atoms with E-state index < -0.39 is 10.0 Å². The number of hydrogen-bond acceptors (Lipinski definition) is 4. The van der Waals surface area contributed by atoms with Crippen LogP contribution in [0.5, 0.6) is 0 Å². The fraction of sp³-hybridized carbons (Fsp3) is 0.429. The lowest BCUT2D eigenvalue weighted by atomic mass is 9.95. The largest absolute Gasteiger partial charge is 0.338 e. The van der Waals surface area contributed by atoms with Crippen molar-refractivity contribution in [2.24, 2.45) is 5.92 Å².